The van der Waals surface area contributed by atoms with Crippen LogP contribution in [0, 0.1) is 0 Å². The van der Waals surface area contributed by atoms with Gasteiger partial charge in [0.2, 0.25) is 0 Å². The number of halogens is 2. The number of allylic oxidation sites excluding steroid dienone is 1. The molecule has 36 heavy (non-hydrogen) atoms. The molecule has 3 aliphatic rings. The summed E-state index contributed by atoms with van der Waals surface area (Å²) < 4.78 is 9.20. The van der Waals surface area contributed by atoms with Crippen LogP contribution in [-0.4, -0.2) is 0 Å². The summed E-state index contributed by atoms with van der Waals surface area (Å²) in [5.41, 5.74) is 10.0. The van der Waals surface area contributed by atoms with Crippen molar-refractivity contribution in [3.63, 3.8) is 0 Å². The Labute approximate surface area is 226 Å². The fourth-order valence-corrected chi connectivity index (χ4v) is 7.49. The maximum absolute atomic E-state index is 7.01. The van der Waals surface area contributed by atoms with Crippen LogP contribution >= 0.6 is 31.9 Å². The Bertz CT molecular complexity index is 1740. The fourth-order valence-electron chi connectivity index (χ4n) is 6.77. The largest absolute Gasteiger partial charge is 0.456 e. The van der Waals surface area contributed by atoms with Crippen molar-refractivity contribution in [1.29, 1.82) is 0 Å². The molecule has 1 nitrogen and oxygen atoms in total. The third-order valence-electron chi connectivity index (χ3n) is 8.18. The first-order valence-corrected chi connectivity index (χ1v) is 13.9. The van der Waals surface area contributed by atoms with Crippen molar-refractivity contribution in [1.82, 2.24) is 0 Å². The van der Waals surface area contributed by atoms with Gasteiger partial charge in [-0.25, -0.2) is 0 Å². The van der Waals surface area contributed by atoms with Crippen molar-refractivity contribution in [2.24, 2.45) is 0 Å². The lowest BCUT2D eigenvalue weighted by Gasteiger charge is -2.43. The van der Waals surface area contributed by atoms with Crippen molar-refractivity contribution in [2.45, 2.75) is 18.3 Å². The molecule has 1 heterocycles. The van der Waals surface area contributed by atoms with E-state index >= 15 is 0 Å². The average molecular weight is 592 g/mol. The molecule has 0 aromatic heterocycles. The zero-order valence-electron chi connectivity index (χ0n) is 19.3. The van der Waals surface area contributed by atoms with Crippen molar-refractivity contribution in [3.8, 4) is 16.9 Å². The summed E-state index contributed by atoms with van der Waals surface area (Å²) >= 11 is 7.62. The summed E-state index contributed by atoms with van der Waals surface area (Å²) in [5, 5.41) is 2.35. The minimum atomic E-state index is -0.418. The summed E-state index contributed by atoms with van der Waals surface area (Å²) in [6.45, 7) is 0. The van der Waals surface area contributed by atoms with Crippen LogP contribution in [0.25, 0.3) is 27.7 Å². The number of fused-ring (bicyclic) bond motifs is 12. The molecule has 0 amide bonds. The molecule has 0 saturated heterocycles. The Hall–Kier alpha value is -3.14. The maximum Gasteiger partial charge on any atom is 0.140 e. The molecule has 172 valence electrons. The van der Waals surface area contributed by atoms with Gasteiger partial charge in [-0.1, -0.05) is 105 Å². The molecule has 0 bridgehead atoms. The molecule has 0 radical (unpaired) electrons. The van der Waals surface area contributed by atoms with Crippen LogP contribution in [0.3, 0.4) is 0 Å². The van der Waals surface area contributed by atoms with Gasteiger partial charge in [-0.05, 0) is 75.9 Å². The van der Waals surface area contributed by atoms with E-state index in [1.807, 2.05) is 0 Å². The van der Waals surface area contributed by atoms with Gasteiger partial charge in [-0.3, -0.25) is 0 Å². The quantitative estimate of drug-likeness (QED) is 0.174. The normalized spacial score (nSPS) is 16.2. The minimum absolute atomic E-state index is 0.418. The second-order valence-corrected chi connectivity index (χ2v) is 11.7. The standard InChI is InChI=1S/C33H20Br2O/c34-21-11-13-25-26-14-12-22(35)18-30(26)33(29(25)17-21)27-15-9-19-5-1-3-7-23(19)31(27)36-32-24-8-4-2-6-20(24)10-16-28(32)33/h1-9,11-15,17-18H,10,16H2. The van der Waals surface area contributed by atoms with E-state index in [1.165, 1.54) is 49.9 Å². The number of benzene rings is 5. The van der Waals surface area contributed by atoms with Gasteiger partial charge in [-0.2, -0.15) is 0 Å². The van der Waals surface area contributed by atoms with E-state index in [2.05, 4.69) is 129 Å². The van der Waals surface area contributed by atoms with Crippen LogP contribution < -0.4 is 4.74 Å². The number of aryl methyl sites for hydroxylation is 1. The summed E-state index contributed by atoms with van der Waals surface area (Å²) in [5.74, 6) is 2.00. The Balaban J connectivity index is 1.60. The predicted octanol–water partition coefficient (Wildman–Crippen LogP) is 9.43. The number of rotatable bonds is 0. The summed E-state index contributed by atoms with van der Waals surface area (Å²) in [7, 11) is 0. The smallest absolute Gasteiger partial charge is 0.140 e. The molecule has 0 unspecified atom stereocenters. The third kappa shape index (κ3) is 2.60. The molecule has 0 fully saturated rings. The van der Waals surface area contributed by atoms with E-state index in [4.69, 9.17) is 4.74 Å². The van der Waals surface area contributed by atoms with Crippen LogP contribution in [0.1, 0.15) is 34.2 Å². The monoisotopic (exact) mass is 590 g/mol. The molecule has 1 spiro atoms. The lowest BCUT2D eigenvalue weighted by Crippen LogP contribution is -2.36. The van der Waals surface area contributed by atoms with E-state index in [0.717, 1.165) is 38.7 Å². The number of ether oxygens (including phenoxy) is 1. The number of hydrogen-bond donors (Lipinski definition) is 0. The predicted molar refractivity (Wildman–Crippen MR) is 153 cm³/mol. The van der Waals surface area contributed by atoms with Crippen molar-refractivity contribution >= 4 is 48.4 Å². The van der Waals surface area contributed by atoms with Crippen LogP contribution in [0.5, 0.6) is 5.75 Å². The fraction of sp³-hybridized carbons (Fsp3) is 0.0909. The topological polar surface area (TPSA) is 9.23 Å². The molecule has 3 heteroatoms. The first kappa shape index (κ1) is 21.0. The molecule has 2 aliphatic carbocycles. The van der Waals surface area contributed by atoms with Gasteiger partial charge in [0.05, 0.1) is 5.41 Å². The van der Waals surface area contributed by atoms with Gasteiger partial charge in [0.25, 0.3) is 0 Å². The molecule has 0 atom stereocenters. The van der Waals surface area contributed by atoms with Gasteiger partial charge in [-0.15, -0.1) is 0 Å². The van der Waals surface area contributed by atoms with E-state index < -0.39 is 5.41 Å². The Morgan fingerprint density at radius 3 is 2.08 bits per heavy atom. The molecule has 5 aromatic rings. The summed E-state index contributed by atoms with van der Waals surface area (Å²) in [6, 6.07) is 35.4. The molecular formula is C33H20Br2O. The molecule has 5 aromatic carbocycles. The molecule has 8 rings (SSSR count). The first-order chi connectivity index (χ1) is 17.7. The highest BCUT2D eigenvalue weighted by atomic mass is 79.9. The number of hydrogen-bond acceptors (Lipinski definition) is 1. The second-order valence-electron chi connectivity index (χ2n) is 9.86. The highest BCUT2D eigenvalue weighted by molar-refractivity contribution is 9.10. The van der Waals surface area contributed by atoms with E-state index in [9.17, 15) is 0 Å². The second kappa shape index (κ2) is 7.44. The van der Waals surface area contributed by atoms with Gasteiger partial charge in [0, 0.05) is 25.5 Å². The zero-order valence-corrected chi connectivity index (χ0v) is 22.5. The van der Waals surface area contributed by atoms with Crippen LogP contribution in [0.4, 0.5) is 0 Å². The van der Waals surface area contributed by atoms with Crippen molar-refractivity contribution in [3.05, 3.63) is 139 Å². The first-order valence-electron chi connectivity index (χ1n) is 12.3. The van der Waals surface area contributed by atoms with Gasteiger partial charge in [0.1, 0.15) is 11.5 Å². The Morgan fingerprint density at radius 1 is 0.611 bits per heavy atom. The average Bonchev–Trinajstić information content (AvgIpc) is 3.18. The summed E-state index contributed by atoms with van der Waals surface area (Å²) in [6.07, 6.45) is 1.96. The van der Waals surface area contributed by atoms with Gasteiger partial charge < -0.3 is 4.74 Å². The van der Waals surface area contributed by atoms with Crippen LogP contribution in [-0.2, 0) is 11.8 Å². The highest BCUT2D eigenvalue weighted by Gasteiger charge is 2.53. The third-order valence-corrected chi connectivity index (χ3v) is 9.17. The zero-order chi connectivity index (χ0) is 24.0. The van der Waals surface area contributed by atoms with Crippen molar-refractivity contribution < 1.29 is 4.74 Å². The molecule has 0 saturated carbocycles. The van der Waals surface area contributed by atoms with E-state index in [1.54, 1.807) is 0 Å². The van der Waals surface area contributed by atoms with E-state index in [-0.39, 0.29) is 0 Å². The summed E-state index contributed by atoms with van der Waals surface area (Å²) in [4.78, 5) is 0. The molecule has 1 aliphatic heterocycles. The molecule has 0 N–H and O–H groups in total. The highest BCUT2D eigenvalue weighted by Crippen LogP contribution is 2.64. The van der Waals surface area contributed by atoms with Gasteiger partial charge in [0.15, 0.2) is 0 Å². The van der Waals surface area contributed by atoms with E-state index in [0.29, 0.717) is 0 Å². The minimum Gasteiger partial charge on any atom is -0.456 e. The lowest BCUT2D eigenvalue weighted by molar-refractivity contribution is 0.457. The van der Waals surface area contributed by atoms with Crippen molar-refractivity contribution in [2.75, 3.05) is 0 Å². The van der Waals surface area contributed by atoms with Gasteiger partial charge >= 0.3 is 0 Å². The maximum atomic E-state index is 7.01. The Kier molecular flexibility index (Phi) is 4.34. The van der Waals surface area contributed by atoms with Crippen LogP contribution in [0.2, 0.25) is 0 Å². The molecular weight excluding hydrogens is 572 g/mol. The Morgan fingerprint density at radius 2 is 1.31 bits per heavy atom. The van der Waals surface area contributed by atoms with Crippen LogP contribution in [0.15, 0.2) is 112 Å². The lowest BCUT2D eigenvalue weighted by atomic mass is 9.62. The SMILES string of the molecule is Brc1ccc2c(c1)C1(C3=C(Oc4c1ccc1ccccc41)c1ccccc1CC3)c1cc(Br)ccc1-2.